The Morgan fingerprint density at radius 3 is 1.35 bits per heavy atom. The Hall–Kier alpha value is -0.0900. The van der Waals surface area contributed by atoms with E-state index in [0.29, 0.717) is 6.42 Å². The predicted molar refractivity (Wildman–Crippen MR) is 120 cm³/mol. The molecule has 0 unspecified atom stereocenters. The molecule has 4 heteroatoms. The molecule has 0 saturated heterocycles. The van der Waals surface area contributed by atoms with Crippen LogP contribution in [0.3, 0.4) is 0 Å². The zero-order valence-corrected chi connectivity index (χ0v) is 19.1. The summed E-state index contributed by atoms with van der Waals surface area (Å²) in [6, 6.07) is 0. The Morgan fingerprint density at radius 1 is 0.615 bits per heavy atom. The lowest BCUT2D eigenvalue weighted by atomic mass is 10.0. The van der Waals surface area contributed by atoms with Gasteiger partial charge in [-0.1, -0.05) is 96.8 Å². The molecule has 0 rings (SSSR count). The highest BCUT2D eigenvalue weighted by Gasteiger charge is 1.96. The molecule has 0 saturated carbocycles. The lowest BCUT2D eigenvalue weighted by molar-refractivity contribution is -0.137. The highest BCUT2D eigenvalue weighted by molar-refractivity contribution is 8.93. The molecule has 0 amide bonds. The van der Waals surface area contributed by atoms with Crippen LogP contribution in [0.4, 0.5) is 0 Å². The van der Waals surface area contributed by atoms with E-state index in [2.05, 4.69) is 12.2 Å². The fourth-order valence-corrected chi connectivity index (χ4v) is 3.27. The Kier molecular flexibility index (Phi) is 26.9. The molecule has 0 radical (unpaired) electrons. The molecule has 0 aliphatic heterocycles. The molecule has 0 heterocycles. The second-order valence-electron chi connectivity index (χ2n) is 7.55. The van der Waals surface area contributed by atoms with Crippen molar-refractivity contribution in [3.05, 3.63) is 0 Å². The molecule has 0 aromatic heterocycles. The lowest BCUT2D eigenvalue weighted by Crippen LogP contribution is -2.16. The van der Waals surface area contributed by atoms with Crippen LogP contribution in [0.25, 0.3) is 0 Å². The number of rotatable bonds is 21. The van der Waals surface area contributed by atoms with Gasteiger partial charge >= 0.3 is 5.97 Å². The third kappa shape index (κ3) is 26.1. The first-order chi connectivity index (χ1) is 12.3. The Morgan fingerprint density at radius 2 is 0.962 bits per heavy atom. The van der Waals surface area contributed by atoms with Gasteiger partial charge in [-0.15, -0.1) is 17.0 Å². The molecule has 0 fully saturated rings. The number of nitrogens with one attached hydrogen (secondary N) is 1. The van der Waals surface area contributed by atoms with Gasteiger partial charge < -0.3 is 10.4 Å². The van der Waals surface area contributed by atoms with Gasteiger partial charge in [0.1, 0.15) is 0 Å². The first-order valence-electron chi connectivity index (χ1n) is 11.2. The number of unbranched alkanes of at least 4 members (excludes halogenated alkanes) is 15. The van der Waals surface area contributed by atoms with Crippen LogP contribution in [-0.4, -0.2) is 24.2 Å². The van der Waals surface area contributed by atoms with E-state index in [9.17, 15) is 4.79 Å². The van der Waals surface area contributed by atoms with Crippen LogP contribution in [-0.2, 0) is 4.79 Å². The van der Waals surface area contributed by atoms with Crippen LogP contribution >= 0.6 is 17.0 Å². The van der Waals surface area contributed by atoms with E-state index in [-0.39, 0.29) is 17.0 Å². The van der Waals surface area contributed by atoms with Crippen molar-refractivity contribution in [3.8, 4) is 0 Å². The molecule has 2 N–H and O–H groups in total. The fraction of sp³-hybridized carbons (Fsp3) is 0.955. The quantitative estimate of drug-likeness (QED) is 0.186. The summed E-state index contributed by atoms with van der Waals surface area (Å²) < 4.78 is 0. The highest BCUT2D eigenvalue weighted by atomic mass is 79.9. The number of carbonyl (C=O) groups is 1. The van der Waals surface area contributed by atoms with Crippen LogP contribution in [0.1, 0.15) is 122 Å². The number of aliphatic carboxylic acids is 1. The van der Waals surface area contributed by atoms with Gasteiger partial charge in [-0.2, -0.15) is 0 Å². The van der Waals surface area contributed by atoms with Gasteiger partial charge in [-0.25, -0.2) is 0 Å². The molecular formula is C22H46BrNO2. The Bertz CT molecular complexity index is 275. The van der Waals surface area contributed by atoms with Crippen LogP contribution in [0.15, 0.2) is 0 Å². The van der Waals surface area contributed by atoms with E-state index < -0.39 is 5.97 Å². The molecule has 26 heavy (non-hydrogen) atoms. The minimum Gasteiger partial charge on any atom is -0.481 e. The second-order valence-corrected chi connectivity index (χ2v) is 7.55. The third-order valence-electron chi connectivity index (χ3n) is 4.95. The standard InChI is InChI=1S/C22H45NO2.BrH/c1-2-3-4-5-6-7-8-9-10-11-12-13-14-17-20-23-21-18-15-16-19-22(24)25;/h23H,2-21H2,1H3,(H,24,25);1H. The van der Waals surface area contributed by atoms with Crippen molar-refractivity contribution < 1.29 is 9.90 Å². The Balaban J connectivity index is 0. The smallest absolute Gasteiger partial charge is 0.303 e. The van der Waals surface area contributed by atoms with Gasteiger partial charge in [0, 0.05) is 6.42 Å². The maximum atomic E-state index is 10.4. The van der Waals surface area contributed by atoms with Gasteiger partial charge in [0.2, 0.25) is 0 Å². The summed E-state index contributed by atoms with van der Waals surface area (Å²) in [7, 11) is 0. The topological polar surface area (TPSA) is 49.3 Å². The van der Waals surface area contributed by atoms with Crippen LogP contribution < -0.4 is 5.32 Å². The average molecular weight is 437 g/mol. The molecule has 3 nitrogen and oxygen atoms in total. The fourth-order valence-electron chi connectivity index (χ4n) is 3.27. The normalized spacial score (nSPS) is 10.7. The number of carboxylic acid groups (broad SMARTS) is 1. The molecule has 0 bridgehead atoms. The zero-order chi connectivity index (χ0) is 18.4. The van der Waals surface area contributed by atoms with Crippen molar-refractivity contribution in [2.45, 2.75) is 122 Å². The minimum absolute atomic E-state index is 0. The van der Waals surface area contributed by atoms with Crippen LogP contribution in [0, 0.1) is 0 Å². The SMILES string of the molecule is Br.CCCCCCCCCCCCCCCCNCCCCCC(=O)O. The van der Waals surface area contributed by atoms with E-state index in [1.807, 2.05) is 0 Å². The minimum atomic E-state index is -0.671. The number of carboxylic acids is 1. The third-order valence-corrected chi connectivity index (χ3v) is 4.95. The van der Waals surface area contributed by atoms with E-state index in [1.54, 1.807) is 0 Å². The van der Waals surface area contributed by atoms with Gasteiger partial charge in [-0.05, 0) is 32.4 Å². The molecule has 158 valence electrons. The summed E-state index contributed by atoms with van der Waals surface area (Å²) >= 11 is 0. The molecule has 0 aliphatic carbocycles. The van der Waals surface area contributed by atoms with E-state index in [4.69, 9.17) is 5.11 Å². The first kappa shape index (κ1) is 28.1. The van der Waals surface area contributed by atoms with E-state index in [1.165, 1.54) is 89.9 Å². The summed E-state index contributed by atoms with van der Waals surface area (Å²) in [5.74, 6) is -0.671. The highest BCUT2D eigenvalue weighted by Crippen LogP contribution is 2.12. The van der Waals surface area contributed by atoms with Gasteiger partial charge in [0.15, 0.2) is 0 Å². The largest absolute Gasteiger partial charge is 0.481 e. The summed E-state index contributed by atoms with van der Waals surface area (Å²) in [5, 5.41) is 12.0. The monoisotopic (exact) mass is 435 g/mol. The van der Waals surface area contributed by atoms with Gasteiger partial charge in [-0.3, -0.25) is 4.79 Å². The molecule has 0 aliphatic rings. The van der Waals surface area contributed by atoms with E-state index in [0.717, 1.165) is 32.4 Å². The number of hydrogen-bond acceptors (Lipinski definition) is 2. The van der Waals surface area contributed by atoms with E-state index >= 15 is 0 Å². The predicted octanol–water partition coefficient (Wildman–Crippen LogP) is 7.28. The molecule has 0 atom stereocenters. The van der Waals surface area contributed by atoms with Crippen molar-refractivity contribution >= 4 is 23.0 Å². The first-order valence-corrected chi connectivity index (χ1v) is 11.2. The average Bonchev–Trinajstić information content (AvgIpc) is 2.60. The molecule has 0 aromatic carbocycles. The Labute approximate surface area is 173 Å². The number of halogens is 1. The van der Waals surface area contributed by atoms with Crippen molar-refractivity contribution in [1.82, 2.24) is 5.32 Å². The van der Waals surface area contributed by atoms with Crippen molar-refractivity contribution in [2.75, 3.05) is 13.1 Å². The summed E-state index contributed by atoms with van der Waals surface area (Å²) in [6.07, 6.45) is 23.0. The summed E-state index contributed by atoms with van der Waals surface area (Å²) in [6.45, 7) is 4.44. The van der Waals surface area contributed by atoms with Crippen LogP contribution in [0.2, 0.25) is 0 Å². The maximum absolute atomic E-state index is 10.4. The van der Waals surface area contributed by atoms with Gasteiger partial charge in [0.25, 0.3) is 0 Å². The molecule has 0 spiro atoms. The van der Waals surface area contributed by atoms with Gasteiger partial charge in [0.05, 0.1) is 0 Å². The second kappa shape index (κ2) is 24.9. The van der Waals surface area contributed by atoms with Crippen LogP contribution in [0.5, 0.6) is 0 Å². The number of hydrogen-bond donors (Lipinski definition) is 2. The molecule has 0 aromatic rings. The summed E-state index contributed by atoms with van der Waals surface area (Å²) in [4.78, 5) is 10.4. The van der Waals surface area contributed by atoms with Crippen molar-refractivity contribution in [2.24, 2.45) is 0 Å². The van der Waals surface area contributed by atoms with Crippen molar-refractivity contribution in [3.63, 3.8) is 0 Å². The molecular weight excluding hydrogens is 390 g/mol. The zero-order valence-electron chi connectivity index (χ0n) is 17.4. The summed E-state index contributed by atoms with van der Waals surface area (Å²) in [5.41, 5.74) is 0. The lowest BCUT2D eigenvalue weighted by Gasteiger charge is -2.05. The maximum Gasteiger partial charge on any atom is 0.303 e. The van der Waals surface area contributed by atoms with Crippen molar-refractivity contribution in [1.29, 1.82) is 0 Å².